The van der Waals surface area contributed by atoms with Crippen molar-refractivity contribution in [2.24, 2.45) is 5.73 Å². The number of nitro benzene ring substituents is 1. The van der Waals surface area contributed by atoms with Crippen molar-refractivity contribution in [3.8, 4) is 11.3 Å². The fraction of sp³-hybridized carbons (Fsp3) is 0. The number of hydrogen-bond donors (Lipinski definition) is 1. The van der Waals surface area contributed by atoms with Gasteiger partial charge >= 0.3 is 0 Å². The first-order valence-corrected chi connectivity index (χ1v) is 5.46. The van der Waals surface area contributed by atoms with Gasteiger partial charge in [0.05, 0.1) is 10.6 Å². The second-order valence-electron chi connectivity index (χ2n) is 3.21. The third-order valence-corrected chi connectivity index (χ3v) is 2.95. The average molecular weight is 249 g/mol. The predicted octanol–water partition coefficient (Wildman–Crippen LogP) is 1.82. The molecule has 0 atom stereocenters. The Hall–Kier alpha value is -2.28. The summed E-state index contributed by atoms with van der Waals surface area (Å²) in [5.74, 6) is -0.580. The summed E-state index contributed by atoms with van der Waals surface area (Å²) in [6.45, 7) is 0. The second kappa shape index (κ2) is 4.30. The van der Waals surface area contributed by atoms with Gasteiger partial charge in [-0.2, -0.15) is 0 Å². The smallest absolute Gasteiger partial charge is 0.277 e. The van der Waals surface area contributed by atoms with Crippen molar-refractivity contribution in [2.75, 3.05) is 0 Å². The van der Waals surface area contributed by atoms with Crippen LogP contribution in [-0.2, 0) is 0 Å². The Kier molecular flexibility index (Phi) is 2.84. The van der Waals surface area contributed by atoms with Gasteiger partial charge in [0.25, 0.3) is 11.6 Å². The summed E-state index contributed by atoms with van der Waals surface area (Å²) in [5.41, 5.74) is 6.39. The zero-order valence-electron chi connectivity index (χ0n) is 8.49. The summed E-state index contributed by atoms with van der Waals surface area (Å²) in [4.78, 5) is 24.9. The van der Waals surface area contributed by atoms with E-state index in [1.54, 1.807) is 17.5 Å². The molecule has 0 spiro atoms. The quantitative estimate of drug-likeness (QED) is 0.662. The molecule has 2 rings (SSSR count). The van der Waals surface area contributed by atoms with E-state index in [9.17, 15) is 14.9 Å². The number of benzene rings is 1. The number of rotatable bonds is 3. The minimum absolute atomic E-state index is 0.0131. The fourth-order valence-corrected chi connectivity index (χ4v) is 1.95. The summed E-state index contributed by atoms with van der Waals surface area (Å²) in [6, 6.07) is 5.94. The number of thiazole rings is 1. The average Bonchev–Trinajstić information content (AvgIpc) is 2.78. The van der Waals surface area contributed by atoms with Gasteiger partial charge in [0.2, 0.25) is 0 Å². The van der Waals surface area contributed by atoms with E-state index < -0.39 is 10.8 Å². The van der Waals surface area contributed by atoms with Gasteiger partial charge in [-0.25, -0.2) is 4.98 Å². The van der Waals surface area contributed by atoms with Gasteiger partial charge in [0.15, 0.2) is 5.01 Å². The molecule has 0 saturated carbocycles. The minimum Gasteiger partial charge on any atom is -0.364 e. The molecular weight excluding hydrogens is 242 g/mol. The highest BCUT2D eigenvalue weighted by molar-refractivity contribution is 7.12. The molecule has 17 heavy (non-hydrogen) atoms. The number of amides is 1. The van der Waals surface area contributed by atoms with E-state index in [0.717, 1.165) is 11.3 Å². The van der Waals surface area contributed by atoms with Gasteiger partial charge in [-0.15, -0.1) is 11.3 Å². The van der Waals surface area contributed by atoms with Gasteiger partial charge in [-0.1, -0.05) is 0 Å². The highest BCUT2D eigenvalue weighted by atomic mass is 32.1. The van der Waals surface area contributed by atoms with Crippen LogP contribution >= 0.6 is 11.3 Å². The molecule has 0 aliphatic heterocycles. The lowest BCUT2D eigenvalue weighted by molar-refractivity contribution is -0.384. The molecule has 2 N–H and O–H groups in total. The van der Waals surface area contributed by atoms with Crippen molar-refractivity contribution < 1.29 is 9.72 Å². The first kappa shape index (κ1) is 11.2. The number of non-ortho nitro benzene ring substituents is 1. The third-order valence-electron chi connectivity index (χ3n) is 2.09. The van der Waals surface area contributed by atoms with Crippen molar-refractivity contribution in [1.29, 1.82) is 0 Å². The number of nitrogens with two attached hydrogens (primary N) is 1. The molecule has 0 unspecified atom stereocenters. The van der Waals surface area contributed by atoms with Crippen LogP contribution in [0.25, 0.3) is 11.3 Å². The van der Waals surface area contributed by atoms with E-state index in [1.165, 1.54) is 12.1 Å². The Labute approximate surface area is 99.9 Å². The predicted molar refractivity (Wildman–Crippen MR) is 62.7 cm³/mol. The molecule has 86 valence electrons. The van der Waals surface area contributed by atoms with Crippen molar-refractivity contribution in [1.82, 2.24) is 4.98 Å². The molecule has 0 fully saturated rings. The molecule has 1 amide bonds. The maximum atomic E-state index is 10.9. The molecule has 0 saturated heterocycles. The standard InChI is InChI=1S/C10H7N3O3S/c11-9(14)10-12-8(5-17-10)6-1-3-7(4-2-6)13(15)16/h1-5H,(H2,11,14). The molecule has 0 bridgehead atoms. The number of hydrogen-bond acceptors (Lipinski definition) is 5. The monoisotopic (exact) mass is 249 g/mol. The van der Waals surface area contributed by atoms with Gasteiger partial charge < -0.3 is 5.73 Å². The highest BCUT2D eigenvalue weighted by Crippen LogP contribution is 2.23. The van der Waals surface area contributed by atoms with Gasteiger partial charge in [-0.3, -0.25) is 14.9 Å². The van der Waals surface area contributed by atoms with Crippen LogP contribution in [0.4, 0.5) is 5.69 Å². The Morgan fingerprint density at radius 2 is 2.00 bits per heavy atom. The van der Waals surface area contributed by atoms with Gasteiger partial charge in [0, 0.05) is 23.1 Å². The summed E-state index contributed by atoms with van der Waals surface area (Å²) < 4.78 is 0. The topological polar surface area (TPSA) is 99.1 Å². The largest absolute Gasteiger partial charge is 0.364 e. The van der Waals surface area contributed by atoms with E-state index in [1.807, 2.05) is 0 Å². The van der Waals surface area contributed by atoms with E-state index in [2.05, 4.69) is 4.98 Å². The Morgan fingerprint density at radius 3 is 2.47 bits per heavy atom. The van der Waals surface area contributed by atoms with Crippen LogP contribution in [0.2, 0.25) is 0 Å². The molecule has 7 heteroatoms. The van der Waals surface area contributed by atoms with Crippen molar-refractivity contribution in [3.05, 3.63) is 44.8 Å². The second-order valence-corrected chi connectivity index (χ2v) is 4.06. The molecule has 0 aliphatic rings. The van der Waals surface area contributed by atoms with Crippen molar-refractivity contribution >= 4 is 22.9 Å². The fourth-order valence-electron chi connectivity index (χ4n) is 1.27. The lowest BCUT2D eigenvalue weighted by Gasteiger charge is -1.95. The lowest BCUT2D eigenvalue weighted by atomic mass is 10.1. The molecule has 6 nitrogen and oxygen atoms in total. The van der Waals surface area contributed by atoms with E-state index in [0.29, 0.717) is 11.3 Å². The molecule has 1 aromatic heterocycles. The van der Waals surface area contributed by atoms with Gasteiger partial charge in [-0.05, 0) is 12.1 Å². The van der Waals surface area contributed by atoms with Crippen LogP contribution in [0.5, 0.6) is 0 Å². The van der Waals surface area contributed by atoms with Crippen molar-refractivity contribution in [2.45, 2.75) is 0 Å². The van der Waals surface area contributed by atoms with E-state index in [4.69, 9.17) is 5.73 Å². The van der Waals surface area contributed by atoms with E-state index >= 15 is 0 Å². The van der Waals surface area contributed by atoms with E-state index in [-0.39, 0.29) is 10.7 Å². The molecular formula is C10H7N3O3S. The van der Waals surface area contributed by atoms with Crippen LogP contribution in [0, 0.1) is 10.1 Å². The number of carbonyl (C=O) groups is 1. The normalized spacial score (nSPS) is 10.1. The maximum Gasteiger partial charge on any atom is 0.277 e. The molecule has 0 radical (unpaired) electrons. The first-order chi connectivity index (χ1) is 8.08. The van der Waals surface area contributed by atoms with Crippen molar-refractivity contribution in [3.63, 3.8) is 0 Å². The third kappa shape index (κ3) is 2.28. The zero-order chi connectivity index (χ0) is 12.4. The summed E-state index contributed by atoms with van der Waals surface area (Å²) >= 11 is 1.14. The summed E-state index contributed by atoms with van der Waals surface area (Å²) in [5, 5.41) is 12.4. The summed E-state index contributed by atoms with van der Waals surface area (Å²) in [7, 11) is 0. The van der Waals surface area contributed by atoms with Crippen LogP contribution < -0.4 is 5.73 Å². The van der Waals surface area contributed by atoms with Crippen LogP contribution in [-0.4, -0.2) is 15.8 Å². The first-order valence-electron chi connectivity index (χ1n) is 4.58. The SMILES string of the molecule is NC(=O)c1nc(-c2ccc([N+](=O)[O-])cc2)cs1. The minimum atomic E-state index is -0.580. The Bertz CT molecular complexity index is 577. The Morgan fingerprint density at radius 1 is 1.35 bits per heavy atom. The molecule has 2 aromatic rings. The Balaban J connectivity index is 2.33. The number of primary amides is 1. The maximum absolute atomic E-state index is 10.9. The van der Waals surface area contributed by atoms with Crippen LogP contribution in [0.1, 0.15) is 9.80 Å². The zero-order valence-corrected chi connectivity index (χ0v) is 9.31. The molecule has 0 aliphatic carbocycles. The molecule has 1 aromatic carbocycles. The van der Waals surface area contributed by atoms with Gasteiger partial charge in [0.1, 0.15) is 0 Å². The molecule has 1 heterocycles. The summed E-state index contributed by atoms with van der Waals surface area (Å²) in [6.07, 6.45) is 0. The number of nitro groups is 1. The number of aromatic nitrogens is 1. The number of carbonyl (C=O) groups excluding carboxylic acids is 1. The number of nitrogens with zero attached hydrogens (tertiary/aromatic N) is 2. The van der Waals surface area contributed by atoms with Crippen LogP contribution in [0.15, 0.2) is 29.6 Å². The van der Waals surface area contributed by atoms with Crippen LogP contribution in [0.3, 0.4) is 0 Å². The highest BCUT2D eigenvalue weighted by Gasteiger charge is 2.10. The lowest BCUT2D eigenvalue weighted by Crippen LogP contribution is -2.10.